The molecule has 0 radical (unpaired) electrons. The number of hydrogen-bond acceptors (Lipinski definition) is 3. The van der Waals surface area contributed by atoms with Gasteiger partial charge >= 0.3 is 0 Å². The summed E-state index contributed by atoms with van der Waals surface area (Å²) in [5, 5.41) is 3.27. The number of benzene rings is 2. The molecule has 5 nitrogen and oxygen atoms in total. The summed E-state index contributed by atoms with van der Waals surface area (Å²) in [6.07, 6.45) is 1.55. The van der Waals surface area contributed by atoms with Gasteiger partial charge in [-0.05, 0) is 49.2 Å². The van der Waals surface area contributed by atoms with E-state index in [1.165, 1.54) is 0 Å². The molecule has 1 heterocycles. The van der Waals surface area contributed by atoms with Crippen LogP contribution in [0.15, 0.2) is 47.4 Å². The third-order valence-corrected chi connectivity index (χ3v) is 4.11. The molecule has 25 heavy (non-hydrogen) atoms. The van der Waals surface area contributed by atoms with Crippen molar-refractivity contribution in [3.8, 4) is 5.75 Å². The number of nitrogens with zero attached hydrogens (tertiary/aromatic N) is 1. The number of ether oxygens (including phenoxy) is 1. The largest absolute Gasteiger partial charge is 0.495 e. The predicted octanol–water partition coefficient (Wildman–Crippen LogP) is 3.42. The van der Waals surface area contributed by atoms with Crippen LogP contribution < -0.4 is 15.5 Å². The topological polar surface area (TPSA) is 60.3 Å². The van der Waals surface area contributed by atoms with Gasteiger partial charge in [-0.15, -0.1) is 0 Å². The molecule has 128 valence electrons. The van der Waals surface area contributed by atoms with Crippen LogP contribution >= 0.6 is 0 Å². The molecule has 0 saturated carbocycles. The maximum absolute atomic E-state index is 12.8. The van der Waals surface area contributed by atoms with Gasteiger partial charge in [0.05, 0.1) is 18.0 Å². The van der Waals surface area contributed by atoms with Gasteiger partial charge in [-0.3, -0.25) is 9.59 Å². The highest BCUT2D eigenvalue weighted by Gasteiger charge is 2.16. The molecule has 0 aliphatic heterocycles. The van der Waals surface area contributed by atoms with Gasteiger partial charge in [-0.25, -0.2) is 0 Å². The summed E-state index contributed by atoms with van der Waals surface area (Å²) in [4.78, 5) is 25.4. The van der Waals surface area contributed by atoms with Gasteiger partial charge in [0, 0.05) is 18.9 Å². The minimum Gasteiger partial charge on any atom is -0.495 e. The lowest BCUT2D eigenvalue weighted by atomic mass is 10.1. The fourth-order valence-electron chi connectivity index (χ4n) is 3.10. The Morgan fingerprint density at radius 1 is 1.12 bits per heavy atom. The number of para-hydroxylation sites is 1. The molecule has 0 unspecified atom stereocenters. The fraction of sp³-hybridized carbons (Fsp3) is 0.200. The predicted molar refractivity (Wildman–Crippen MR) is 99.6 cm³/mol. The summed E-state index contributed by atoms with van der Waals surface area (Å²) in [5.41, 5.74) is 3.22. The van der Waals surface area contributed by atoms with E-state index in [-0.39, 0.29) is 11.0 Å². The van der Waals surface area contributed by atoms with Crippen LogP contribution in [-0.2, 0) is 7.05 Å². The standard InChI is InChI=1S/C20H20N2O3/c1-12-8-13(2)10-14(9-12)21-20(24)16-11-22(3)18-15(19(16)23)6-5-7-17(18)25-4/h5-11H,1-4H3,(H,21,24). The van der Waals surface area contributed by atoms with Crippen LogP contribution in [-0.4, -0.2) is 17.6 Å². The molecule has 0 aliphatic carbocycles. The Kier molecular flexibility index (Phi) is 4.31. The second-order valence-corrected chi connectivity index (χ2v) is 6.17. The van der Waals surface area contributed by atoms with Crippen LogP contribution in [0.25, 0.3) is 10.9 Å². The zero-order valence-corrected chi connectivity index (χ0v) is 14.7. The Labute approximate surface area is 145 Å². The second kappa shape index (κ2) is 6.43. The first kappa shape index (κ1) is 16.8. The summed E-state index contributed by atoms with van der Waals surface area (Å²) < 4.78 is 7.07. The van der Waals surface area contributed by atoms with Gasteiger partial charge in [-0.2, -0.15) is 0 Å². The highest BCUT2D eigenvalue weighted by atomic mass is 16.5. The van der Waals surface area contributed by atoms with Crippen molar-refractivity contribution in [3.05, 3.63) is 69.5 Å². The molecule has 5 heteroatoms. The molecular weight excluding hydrogens is 316 g/mol. The van der Waals surface area contributed by atoms with Crippen molar-refractivity contribution < 1.29 is 9.53 Å². The Hall–Kier alpha value is -3.08. The van der Waals surface area contributed by atoms with Crippen LogP contribution in [0.4, 0.5) is 5.69 Å². The van der Waals surface area contributed by atoms with Crippen molar-refractivity contribution in [3.63, 3.8) is 0 Å². The number of nitrogens with one attached hydrogen (secondary N) is 1. The van der Waals surface area contributed by atoms with E-state index < -0.39 is 5.91 Å². The number of rotatable bonds is 3. The number of amides is 1. The van der Waals surface area contributed by atoms with E-state index >= 15 is 0 Å². The van der Waals surface area contributed by atoms with E-state index in [9.17, 15) is 9.59 Å². The molecule has 0 aliphatic rings. The van der Waals surface area contributed by atoms with Gasteiger partial charge in [0.1, 0.15) is 11.3 Å². The average molecular weight is 336 g/mol. The van der Waals surface area contributed by atoms with Crippen molar-refractivity contribution in [2.75, 3.05) is 12.4 Å². The molecule has 2 aromatic carbocycles. The van der Waals surface area contributed by atoms with Gasteiger partial charge < -0.3 is 14.6 Å². The molecule has 1 amide bonds. The highest BCUT2D eigenvalue weighted by molar-refractivity contribution is 6.06. The smallest absolute Gasteiger partial charge is 0.261 e. The van der Waals surface area contributed by atoms with Gasteiger partial charge in [0.25, 0.3) is 5.91 Å². The Bertz CT molecular complexity index is 1010. The minimum absolute atomic E-state index is 0.0995. The summed E-state index contributed by atoms with van der Waals surface area (Å²) in [6.45, 7) is 3.92. The molecule has 1 N–H and O–H groups in total. The minimum atomic E-state index is -0.421. The lowest BCUT2D eigenvalue weighted by molar-refractivity contribution is 0.102. The number of pyridine rings is 1. The number of carbonyl (C=O) groups is 1. The zero-order chi connectivity index (χ0) is 18.1. The van der Waals surface area contributed by atoms with Crippen molar-refractivity contribution in [1.29, 1.82) is 0 Å². The maximum Gasteiger partial charge on any atom is 0.261 e. The highest BCUT2D eigenvalue weighted by Crippen LogP contribution is 2.23. The number of aryl methyl sites for hydroxylation is 3. The number of carbonyl (C=O) groups excluding carboxylic acids is 1. The molecule has 0 bridgehead atoms. The second-order valence-electron chi connectivity index (χ2n) is 6.17. The van der Waals surface area contributed by atoms with Crippen LogP contribution in [0.5, 0.6) is 5.75 Å². The average Bonchev–Trinajstić information content (AvgIpc) is 2.56. The third-order valence-electron chi connectivity index (χ3n) is 4.11. The van der Waals surface area contributed by atoms with Crippen LogP contribution in [0.1, 0.15) is 21.5 Å². The normalized spacial score (nSPS) is 10.7. The quantitative estimate of drug-likeness (QED) is 0.797. The maximum atomic E-state index is 12.8. The van der Waals surface area contributed by atoms with Crippen LogP contribution in [0.2, 0.25) is 0 Å². The summed E-state index contributed by atoms with van der Waals surface area (Å²) in [5.74, 6) is 0.175. The molecule has 0 spiro atoms. The molecule has 3 aromatic rings. The Morgan fingerprint density at radius 3 is 2.44 bits per heavy atom. The van der Waals surface area contributed by atoms with Crippen molar-refractivity contribution in [2.24, 2.45) is 7.05 Å². The molecule has 0 atom stereocenters. The molecule has 0 saturated heterocycles. The third kappa shape index (κ3) is 3.13. The van der Waals surface area contributed by atoms with E-state index in [1.807, 2.05) is 32.0 Å². The fourth-order valence-corrected chi connectivity index (χ4v) is 3.10. The first-order valence-corrected chi connectivity index (χ1v) is 7.96. The molecule has 1 aromatic heterocycles. The van der Waals surface area contributed by atoms with E-state index in [0.717, 1.165) is 11.1 Å². The zero-order valence-electron chi connectivity index (χ0n) is 14.7. The SMILES string of the molecule is COc1cccc2c(=O)c(C(=O)Nc3cc(C)cc(C)c3)cn(C)c12. The van der Waals surface area contributed by atoms with Crippen LogP contribution in [0, 0.1) is 13.8 Å². The Morgan fingerprint density at radius 2 is 1.80 bits per heavy atom. The van der Waals surface area contributed by atoms with Crippen molar-refractivity contribution in [2.45, 2.75) is 13.8 Å². The first-order chi connectivity index (χ1) is 11.9. The van der Waals surface area contributed by atoms with Gasteiger partial charge in [-0.1, -0.05) is 12.1 Å². The lowest BCUT2D eigenvalue weighted by Gasteiger charge is -2.13. The Balaban J connectivity index is 2.08. The van der Waals surface area contributed by atoms with E-state index in [2.05, 4.69) is 5.32 Å². The number of anilines is 1. The summed E-state index contributed by atoms with van der Waals surface area (Å²) in [6, 6.07) is 11.0. The number of hydrogen-bond donors (Lipinski definition) is 1. The summed E-state index contributed by atoms with van der Waals surface area (Å²) in [7, 11) is 3.35. The van der Waals surface area contributed by atoms with E-state index in [4.69, 9.17) is 4.74 Å². The van der Waals surface area contributed by atoms with Gasteiger partial charge in [0.2, 0.25) is 5.43 Å². The molecule has 0 fully saturated rings. The molecular formula is C20H20N2O3. The number of aromatic nitrogens is 1. The van der Waals surface area contributed by atoms with E-state index in [1.54, 1.807) is 43.1 Å². The van der Waals surface area contributed by atoms with Crippen LogP contribution in [0.3, 0.4) is 0 Å². The number of fused-ring (bicyclic) bond motifs is 1. The number of methoxy groups -OCH3 is 1. The van der Waals surface area contributed by atoms with Crippen molar-refractivity contribution in [1.82, 2.24) is 4.57 Å². The first-order valence-electron chi connectivity index (χ1n) is 7.96. The molecule has 3 rings (SSSR count). The van der Waals surface area contributed by atoms with E-state index in [0.29, 0.717) is 22.3 Å². The van der Waals surface area contributed by atoms with Crippen molar-refractivity contribution >= 4 is 22.5 Å². The lowest BCUT2D eigenvalue weighted by Crippen LogP contribution is -2.23. The van der Waals surface area contributed by atoms with Gasteiger partial charge in [0.15, 0.2) is 0 Å². The summed E-state index contributed by atoms with van der Waals surface area (Å²) >= 11 is 0. The monoisotopic (exact) mass is 336 g/mol.